The van der Waals surface area contributed by atoms with E-state index in [1.165, 1.54) is 12.1 Å². The van der Waals surface area contributed by atoms with Crippen LogP contribution in [0.5, 0.6) is 0 Å². The number of ether oxygens (including phenoxy) is 1. The Labute approximate surface area is 234 Å². The van der Waals surface area contributed by atoms with E-state index in [4.69, 9.17) is 4.74 Å². The van der Waals surface area contributed by atoms with Gasteiger partial charge in [0.1, 0.15) is 11.9 Å². The second-order valence-electron chi connectivity index (χ2n) is 9.76. The predicted octanol–water partition coefficient (Wildman–Crippen LogP) is 5.61. The van der Waals surface area contributed by atoms with Gasteiger partial charge in [0.25, 0.3) is 5.91 Å². The lowest BCUT2D eigenvalue weighted by molar-refractivity contribution is -0.139. The highest BCUT2D eigenvalue weighted by Gasteiger charge is 2.32. The molecule has 2 amide bonds. The van der Waals surface area contributed by atoms with Crippen LogP contribution in [0.15, 0.2) is 109 Å². The highest BCUT2D eigenvalue weighted by Crippen LogP contribution is 2.27. The number of hydrogen-bond donors (Lipinski definition) is 1. The molecule has 1 saturated heterocycles. The molecule has 6 nitrogen and oxygen atoms in total. The zero-order valence-electron chi connectivity index (χ0n) is 22.2. The Morgan fingerprint density at radius 3 is 2.02 bits per heavy atom. The van der Waals surface area contributed by atoms with Gasteiger partial charge in [-0.25, -0.2) is 4.39 Å². The number of anilines is 2. The summed E-state index contributed by atoms with van der Waals surface area (Å²) in [5.41, 5.74) is 3.94. The first-order valence-corrected chi connectivity index (χ1v) is 13.4. The Balaban J connectivity index is 1.45. The lowest BCUT2D eigenvalue weighted by atomic mass is 10.0. The fourth-order valence-electron chi connectivity index (χ4n) is 4.88. The van der Waals surface area contributed by atoms with Crippen molar-refractivity contribution in [3.8, 4) is 0 Å². The Kier molecular flexibility index (Phi) is 8.83. The highest BCUT2D eigenvalue weighted by molar-refractivity contribution is 5.98. The van der Waals surface area contributed by atoms with E-state index in [-0.39, 0.29) is 24.8 Å². The van der Waals surface area contributed by atoms with Crippen LogP contribution in [-0.4, -0.2) is 43.0 Å². The van der Waals surface area contributed by atoms with Crippen LogP contribution in [0.25, 0.3) is 0 Å². The molecule has 7 heteroatoms. The van der Waals surface area contributed by atoms with Crippen molar-refractivity contribution in [2.45, 2.75) is 19.0 Å². The zero-order chi connectivity index (χ0) is 27.7. The normalized spacial score (nSPS) is 13.9. The van der Waals surface area contributed by atoms with Crippen molar-refractivity contribution in [2.24, 2.45) is 0 Å². The van der Waals surface area contributed by atoms with E-state index in [9.17, 15) is 14.0 Å². The maximum atomic E-state index is 13.9. The van der Waals surface area contributed by atoms with Gasteiger partial charge in [-0.3, -0.25) is 9.59 Å². The van der Waals surface area contributed by atoms with Crippen LogP contribution in [0.2, 0.25) is 0 Å². The summed E-state index contributed by atoms with van der Waals surface area (Å²) in [4.78, 5) is 31.6. The number of benzene rings is 4. The molecule has 1 N–H and O–H groups in total. The van der Waals surface area contributed by atoms with Crippen molar-refractivity contribution >= 4 is 23.2 Å². The average molecular weight is 538 g/mol. The molecule has 1 aliphatic heterocycles. The largest absolute Gasteiger partial charge is 0.378 e. The SMILES string of the molecule is O=C(Nc1ccc(N2CCOCC2)cc1)[C@@H](c1ccc(F)cc1)N(Cc1ccccc1)C(=O)Cc1ccccc1. The third-order valence-electron chi connectivity index (χ3n) is 6.97. The van der Waals surface area contributed by atoms with Gasteiger partial charge in [-0.15, -0.1) is 0 Å². The highest BCUT2D eigenvalue weighted by atomic mass is 19.1. The molecular weight excluding hydrogens is 505 g/mol. The van der Waals surface area contributed by atoms with E-state index < -0.39 is 11.9 Å². The number of nitrogens with zero attached hydrogens (tertiary/aromatic N) is 2. The molecule has 0 saturated carbocycles. The van der Waals surface area contributed by atoms with Crippen molar-refractivity contribution in [3.63, 3.8) is 0 Å². The summed E-state index contributed by atoms with van der Waals surface area (Å²) < 4.78 is 19.3. The Morgan fingerprint density at radius 1 is 0.800 bits per heavy atom. The number of morpholine rings is 1. The van der Waals surface area contributed by atoms with Crippen molar-refractivity contribution < 1.29 is 18.7 Å². The maximum Gasteiger partial charge on any atom is 0.251 e. The molecule has 5 rings (SSSR count). The molecule has 0 aliphatic carbocycles. The molecule has 0 spiro atoms. The fraction of sp³-hybridized carbons (Fsp3) is 0.212. The summed E-state index contributed by atoms with van der Waals surface area (Å²) in [7, 11) is 0. The number of rotatable bonds is 9. The number of nitrogens with one attached hydrogen (secondary N) is 1. The standard InChI is InChI=1S/C33H32FN3O3/c34-28-13-11-27(12-14-28)32(33(39)35-29-15-17-30(18-16-29)36-19-21-40-22-20-36)37(24-26-9-5-2-6-10-26)31(38)23-25-7-3-1-4-8-25/h1-18,32H,19-24H2,(H,35,39)/t32-/m1/s1. The number of carbonyl (C=O) groups excluding carboxylic acids is 2. The van der Waals surface area contributed by atoms with Crippen LogP contribution in [0, 0.1) is 5.82 Å². The van der Waals surface area contributed by atoms with Gasteiger partial charge in [0, 0.05) is 31.0 Å². The van der Waals surface area contributed by atoms with E-state index in [0.717, 1.165) is 29.9 Å². The van der Waals surface area contributed by atoms with Crippen molar-refractivity contribution in [1.29, 1.82) is 0 Å². The first kappa shape index (κ1) is 27.1. The van der Waals surface area contributed by atoms with E-state index in [2.05, 4.69) is 10.2 Å². The topological polar surface area (TPSA) is 61.9 Å². The maximum absolute atomic E-state index is 13.9. The second-order valence-corrected chi connectivity index (χ2v) is 9.76. The van der Waals surface area contributed by atoms with Crippen LogP contribution in [-0.2, 0) is 27.3 Å². The fourth-order valence-corrected chi connectivity index (χ4v) is 4.88. The Hall–Kier alpha value is -4.49. The minimum Gasteiger partial charge on any atom is -0.378 e. The van der Waals surface area contributed by atoms with E-state index in [1.807, 2.05) is 84.9 Å². The van der Waals surface area contributed by atoms with Gasteiger partial charge in [0.05, 0.1) is 19.6 Å². The lowest BCUT2D eigenvalue weighted by Crippen LogP contribution is -2.41. The van der Waals surface area contributed by atoms with Crippen molar-refractivity contribution in [2.75, 3.05) is 36.5 Å². The van der Waals surface area contributed by atoms with Crippen LogP contribution in [0.4, 0.5) is 15.8 Å². The number of amides is 2. The van der Waals surface area contributed by atoms with Crippen LogP contribution in [0.3, 0.4) is 0 Å². The summed E-state index contributed by atoms with van der Waals surface area (Å²) in [5, 5.41) is 3.00. The summed E-state index contributed by atoms with van der Waals surface area (Å²) >= 11 is 0. The van der Waals surface area contributed by atoms with E-state index in [1.54, 1.807) is 17.0 Å². The predicted molar refractivity (Wildman–Crippen MR) is 154 cm³/mol. The summed E-state index contributed by atoms with van der Waals surface area (Å²) in [6.07, 6.45) is 0.132. The van der Waals surface area contributed by atoms with Gasteiger partial charge in [-0.05, 0) is 53.1 Å². The van der Waals surface area contributed by atoms with Crippen LogP contribution >= 0.6 is 0 Å². The molecule has 4 aromatic carbocycles. The van der Waals surface area contributed by atoms with Gasteiger partial charge < -0.3 is 19.9 Å². The monoisotopic (exact) mass is 537 g/mol. The molecular formula is C33H32FN3O3. The Bertz CT molecular complexity index is 1390. The van der Waals surface area contributed by atoms with Crippen LogP contribution < -0.4 is 10.2 Å². The summed E-state index contributed by atoms with van der Waals surface area (Å²) in [6.45, 7) is 3.22. The van der Waals surface area contributed by atoms with Gasteiger partial charge >= 0.3 is 0 Å². The van der Waals surface area contributed by atoms with Crippen LogP contribution in [0.1, 0.15) is 22.7 Å². The molecule has 1 atom stereocenters. The zero-order valence-corrected chi connectivity index (χ0v) is 22.2. The van der Waals surface area contributed by atoms with Gasteiger partial charge in [-0.2, -0.15) is 0 Å². The molecule has 4 aromatic rings. The minimum absolute atomic E-state index is 0.132. The molecule has 1 heterocycles. The minimum atomic E-state index is -0.976. The lowest BCUT2D eigenvalue weighted by Gasteiger charge is -2.32. The first-order chi connectivity index (χ1) is 19.6. The van der Waals surface area contributed by atoms with E-state index in [0.29, 0.717) is 24.5 Å². The molecule has 0 radical (unpaired) electrons. The molecule has 204 valence electrons. The molecule has 0 unspecified atom stereocenters. The second kappa shape index (κ2) is 13.0. The van der Waals surface area contributed by atoms with Crippen molar-refractivity contribution in [3.05, 3.63) is 132 Å². The quantitative estimate of drug-likeness (QED) is 0.301. The number of carbonyl (C=O) groups is 2. The average Bonchev–Trinajstić information content (AvgIpc) is 2.99. The first-order valence-electron chi connectivity index (χ1n) is 13.4. The molecule has 1 aliphatic rings. The van der Waals surface area contributed by atoms with Gasteiger partial charge in [0.2, 0.25) is 5.91 Å². The third-order valence-corrected chi connectivity index (χ3v) is 6.97. The molecule has 0 aromatic heterocycles. The summed E-state index contributed by atoms with van der Waals surface area (Å²) in [5.74, 6) is -0.989. The summed E-state index contributed by atoms with van der Waals surface area (Å²) in [6, 6.07) is 31.4. The molecule has 1 fully saturated rings. The third kappa shape index (κ3) is 6.93. The molecule has 0 bridgehead atoms. The van der Waals surface area contributed by atoms with Crippen molar-refractivity contribution in [1.82, 2.24) is 4.90 Å². The smallest absolute Gasteiger partial charge is 0.251 e. The van der Waals surface area contributed by atoms with E-state index >= 15 is 0 Å². The Morgan fingerprint density at radius 2 is 1.40 bits per heavy atom. The number of halogens is 1. The molecule has 40 heavy (non-hydrogen) atoms. The van der Waals surface area contributed by atoms with Gasteiger partial charge in [0.15, 0.2) is 0 Å². The van der Waals surface area contributed by atoms with Gasteiger partial charge in [-0.1, -0.05) is 72.8 Å². The number of hydrogen-bond acceptors (Lipinski definition) is 4.